The highest BCUT2D eigenvalue weighted by atomic mass is 16.3. The Balaban J connectivity index is 1.58. The van der Waals surface area contributed by atoms with E-state index in [4.69, 9.17) is 0 Å². The van der Waals surface area contributed by atoms with Gasteiger partial charge in [-0.1, -0.05) is 0 Å². The van der Waals surface area contributed by atoms with Crippen molar-refractivity contribution in [3.05, 3.63) is 0 Å². The van der Waals surface area contributed by atoms with E-state index >= 15 is 0 Å². The third kappa shape index (κ3) is 2.52. The summed E-state index contributed by atoms with van der Waals surface area (Å²) < 4.78 is 0. The van der Waals surface area contributed by atoms with Gasteiger partial charge in [0.25, 0.3) is 0 Å². The largest absolute Gasteiger partial charge is 0.390 e. The summed E-state index contributed by atoms with van der Waals surface area (Å²) >= 11 is 0. The SMILES string of the molecule is OC1CNCC1N(CC1CC1)CC1CC1. The Bertz CT molecular complexity index is 212. The zero-order valence-electron chi connectivity index (χ0n) is 9.36. The average molecular weight is 210 g/mol. The van der Waals surface area contributed by atoms with E-state index in [2.05, 4.69) is 10.2 Å². The van der Waals surface area contributed by atoms with Crippen LogP contribution in [0.15, 0.2) is 0 Å². The average Bonchev–Trinajstić information content (AvgIpc) is 3.11. The molecule has 3 fully saturated rings. The highest BCUT2D eigenvalue weighted by Gasteiger charge is 2.36. The van der Waals surface area contributed by atoms with E-state index < -0.39 is 0 Å². The molecule has 0 aromatic carbocycles. The van der Waals surface area contributed by atoms with Gasteiger partial charge in [-0.2, -0.15) is 0 Å². The van der Waals surface area contributed by atoms with Crippen molar-refractivity contribution in [3.8, 4) is 0 Å². The van der Waals surface area contributed by atoms with Crippen molar-refractivity contribution >= 4 is 0 Å². The highest BCUT2D eigenvalue weighted by molar-refractivity contribution is 4.93. The van der Waals surface area contributed by atoms with Gasteiger partial charge in [-0.15, -0.1) is 0 Å². The molecule has 2 unspecified atom stereocenters. The third-order valence-electron chi connectivity index (χ3n) is 4.00. The molecule has 0 spiro atoms. The molecule has 2 saturated carbocycles. The van der Waals surface area contributed by atoms with E-state index in [9.17, 15) is 5.11 Å². The fraction of sp³-hybridized carbons (Fsp3) is 1.00. The molecule has 0 bridgehead atoms. The Kier molecular flexibility index (Phi) is 2.71. The van der Waals surface area contributed by atoms with Gasteiger partial charge in [-0.3, -0.25) is 4.90 Å². The summed E-state index contributed by atoms with van der Waals surface area (Å²) in [5.74, 6) is 1.88. The molecule has 1 heterocycles. The molecule has 0 radical (unpaired) electrons. The summed E-state index contributed by atoms with van der Waals surface area (Å²) in [5.41, 5.74) is 0. The molecule has 1 aliphatic heterocycles. The van der Waals surface area contributed by atoms with Crippen molar-refractivity contribution in [2.45, 2.75) is 37.8 Å². The van der Waals surface area contributed by atoms with E-state index in [-0.39, 0.29) is 6.10 Å². The van der Waals surface area contributed by atoms with Gasteiger partial charge < -0.3 is 10.4 Å². The zero-order chi connectivity index (χ0) is 10.3. The molecule has 0 amide bonds. The van der Waals surface area contributed by atoms with E-state index in [1.54, 1.807) is 0 Å². The van der Waals surface area contributed by atoms with Crippen LogP contribution in [0.4, 0.5) is 0 Å². The first-order valence-corrected chi connectivity index (χ1v) is 6.46. The van der Waals surface area contributed by atoms with Gasteiger partial charge >= 0.3 is 0 Å². The minimum absolute atomic E-state index is 0.137. The summed E-state index contributed by atoms with van der Waals surface area (Å²) in [7, 11) is 0. The van der Waals surface area contributed by atoms with Crippen LogP contribution in [0.2, 0.25) is 0 Å². The van der Waals surface area contributed by atoms with Crippen LogP contribution in [0.1, 0.15) is 25.7 Å². The Labute approximate surface area is 91.8 Å². The van der Waals surface area contributed by atoms with Gasteiger partial charge in [0.1, 0.15) is 0 Å². The van der Waals surface area contributed by atoms with Crippen LogP contribution in [0.5, 0.6) is 0 Å². The lowest BCUT2D eigenvalue weighted by Gasteiger charge is -2.30. The number of nitrogens with one attached hydrogen (secondary N) is 1. The van der Waals surface area contributed by atoms with Gasteiger partial charge in [0.05, 0.1) is 6.10 Å². The number of β-amino-alcohol motifs (C(OH)–C–C–N with tert-alkyl or cyclic N) is 1. The molecule has 2 N–H and O–H groups in total. The zero-order valence-corrected chi connectivity index (χ0v) is 9.36. The topological polar surface area (TPSA) is 35.5 Å². The summed E-state index contributed by atoms with van der Waals surface area (Å²) in [4.78, 5) is 2.57. The molecule has 0 aromatic heterocycles. The minimum atomic E-state index is -0.137. The van der Waals surface area contributed by atoms with E-state index in [1.807, 2.05) is 0 Å². The van der Waals surface area contributed by atoms with Gasteiger partial charge in [0.15, 0.2) is 0 Å². The number of aliphatic hydroxyl groups excluding tert-OH is 1. The van der Waals surface area contributed by atoms with Crippen molar-refractivity contribution in [1.82, 2.24) is 10.2 Å². The molecule has 15 heavy (non-hydrogen) atoms. The van der Waals surface area contributed by atoms with Crippen LogP contribution in [0.3, 0.4) is 0 Å². The maximum absolute atomic E-state index is 9.92. The number of rotatable bonds is 5. The third-order valence-corrected chi connectivity index (χ3v) is 4.00. The lowest BCUT2D eigenvalue weighted by Crippen LogP contribution is -2.45. The highest BCUT2D eigenvalue weighted by Crippen LogP contribution is 2.35. The van der Waals surface area contributed by atoms with Crippen LogP contribution in [0, 0.1) is 11.8 Å². The number of hydrogen-bond donors (Lipinski definition) is 2. The van der Waals surface area contributed by atoms with Gasteiger partial charge in [0.2, 0.25) is 0 Å². The molecular weight excluding hydrogens is 188 g/mol. The Hall–Kier alpha value is -0.120. The van der Waals surface area contributed by atoms with E-state index in [0.29, 0.717) is 6.04 Å². The van der Waals surface area contributed by atoms with Gasteiger partial charge in [-0.25, -0.2) is 0 Å². The summed E-state index contributed by atoms with van der Waals surface area (Å²) in [6.07, 6.45) is 5.52. The molecule has 3 aliphatic rings. The van der Waals surface area contributed by atoms with Crippen LogP contribution in [0.25, 0.3) is 0 Å². The normalized spacial score (nSPS) is 36.4. The number of nitrogens with zero attached hydrogens (tertiary/aromatic N) is 1. The second-order valence-electron chi connectivity index (χ2n) is 5.63. The summed E-state index contributed by atoms with van der Waals surface area (Å²) in [6, 6.07) is 0.395. The summed E-state index contributed by atoms with van der Waals surface area (Å²) in [5, 5.41) is 13.2. The molecule has 1 saturated heterocycles. The fourth-order valence-corrected chi connectivity index (χ4v) is 2.63. The molecule has 0 aromatic rings. The van der Waals surface area contributed by atoms with Gasteiger partial charge in [0, 0.05) is 32.2 Å². The number of hydrogen-bond acceptors (Lipinski definition) is 3. The standard InChI is InChI=1S/C12H22N2O/c15-12-6-13-5-11(12)14(7-9-1-2-9)8-10-3-4-10/h9-13,15H,1-8H2. The smallest absolute Gasteiger partial charge is 0.0831 e. The van der Waals surface area contributed by atoms with Crippen molar-refractivity contribution in [2.24, 2.45) is 11.8 Å². The molecule has 3 rings (SSSR count). The van der Waals surface area contributed by atoms with Crippen LogP contribution >= 0.6 is 0 Å². The van der Waals surface area contributed by atoms with Crippen LogP contribution < -0.4 is 5.32 Å². The maximum atomic E-state index is 9.92. The van der Waals surface area contributed by atoms with Crippen molar-refractivity contribution < 1.29 is 5.11 Å². The maximum Gasteiger partial charge on any atom is 0.0831 e. The molecule has 86 valence electrons. The Morgan fingerprint density at radius 1 is 1.00 bits per heavy atom. The first kappa shape index (κ1) is 10.1. The Morgan fingerprint density at radius 2 is 1.60 bits per heavy atom. The van der Waals surface area contributed by atoms with E-state index in [1.165, 1.54) is 38.8 Å². The molecule has 2 aliphatic carbocycles. The first-order valence-electron chi connectivity index (χ1n) is 6.46. The van der Waals surface area contributed by atoms with Crippen LogP contribution in [-0.2, 0) is 0 Å². The lowest BCUT2D eigenvalue weighted by atomic mass is 10.1. The number of aliphatic hydroxyl groups is 1. The molecular formula is C12H22N2O. The monoisotopic (exact) mass is 210 g/mol. The summed E-state index contributed by atoms with van der Waals surface area (Å²) in [6.45, 7) is 4.25. The fourth-order valence-electron chi connectivity index (χ4n) is 2.63. The molecule has 2 atom stereocenters. The van der Waals surface area contributed by atoms with E-state index in [0.717, 1.165) is 24.9 Å². The van der Waals surface area contributed by atoms with Crippen LogP contribution in [-0.4, -0.2) is 48.3 Å². The predicted molar refractivity (Wildman–Crippen MR) is 59.7 cm³/mol. The second-order valence-corrected chi connectivity index (χ2v) is 5.63. The second kappa shape index (κ2) is 4.04. The Morgan fingerprint density at radius 3 is 2.00 bits per heavy atom. The predicted octanol–water partition coefficient (Wildman–Crippen LogP) is 0.441. The van der Waals surface area contributed by atoms with Crippen molar-refractivity contribution in [1.29, 1.82) is 0 Å². The lowest BCUT2D eigenvalue weighted by molar-refractivity contribution is 0.0766. The van der Waals surface area contributed by atoms with Crippen molar-refractivity contribution in [3.63, 3.8) is 0 Å². The van der Waals surface area contributed by atoms with Gasteiger partial charge in [-0.05, 0) is 37.5 Å². The van der Waals surface area contributed by atoms with Crippen molar-refractivity contribution in [2.75, 3.05) is 26.2 Å². The molecule has 3 nitrogen and oxygen atoms in total. The first-order chi connectivity index (χ1) is 7.33. The quantitative estimate of drug-likeness (QED) is 0.691. The molecule has 3 heteroatoms. The minimum Gasteiger partial charge on any atom is -0.390 e.